The van der Waals surface area contributed by atoms with Crippen LogP contribution >= 0.6 is 0 Å². The van der Waals surface area contributed by atoms with Crippen molar-refractivity contribution in [2.75, 3.05) is 0 Å². The Hall–Kier alpha value is -0.305. The van der Waals surface area contributed by atoms with E-state index in [0.29, 0.717) is 0 Å². The Morgan fingerprint density at radius 3 is 2.25 bits per heavy atom. The molecule has 0 bridgehead atoms. The number of hydrogen-bond donors (Lipinski definition) is 0. The Morgan fingerprint density at radius 2 is 1.58 bits per heavy atom. The number of hydrogen-bond acceptors (Lipinski definition) is 1. The van der Waals surface area contributed by atoms with Crippen LogP contribution in [0.15, 0.2) is 42.7 Å². The molecule has 0 saturated carbocycles. The predicted octanol–water partition coefficient (Wildman–Crippen LogP) is -1.14. The molecule has 4 radical (unpaired) electrons. The van der Waals surface area contributed by atoms with E-state index in [-0.39, 0.29) is 38.0 Å². The van der Waals surface area contributed by atoms with Gasteiger partial charge in [-0.3, -0.25) is 4.98 Å². The summed E-state index contributed by atoms with van der Waals surface area (Å²) in [6, 6.07) is 10.2. The van der Waals surface area contributed by atoms with Crippen LogP contribution in [0.3, 0.4) is 0 Å². The minimum absolute atomic E-state index is 0. The zero-order valence-electron chi connectivity index (χ0n) is 7.07. The fourth-order valence-corrected chi connectivity index (χ4v) is 1.03. The van der Waals surface area contributed by atoms with Crippen molar-refractivity contribution in [2.24, 2.45) is 0 Å². The number of benzene rings is 1. The first-order chi connectivity index (χ1) is 4.97. The molecule has 0 aliphatic carbocycles. The van der Waals surface area contributed by atoms with E-state index in [1.165, 1.54) is 10.8 Å². The van der Waals surface area contributed by atoms with Crippen LogP contribution < -0.4 is 29.6 Å². The van der Waals surface area contributed by atoms with Crippen LogP contribution in [-0.2, 0) is 0 Å². The summed E-state index contributed by atoms with van der Waals surface area (Å²) in [5, 5.41) is 2.45. The Morgan fingerprint density at radius 1 is 0.917 bits per heavy atom. The Kier molecular flexibility index (Phi) is 5.22. The van der Waals surface area contributed by atoms with Crippen molar-refractivity contribution < 1.29 is 29.6 Å². The van der Waals surface area contributed by atoms with Gasteiger partial charge in [-0.1, -0.05) is 24.3 Å². The van der Waals surface area contributed by atoms with E-state index in [1.807, 2.05) is 30.6 Å². The van der Waals surface area contributed by atoms with Gasteiger partial charge in [0.2, 0.25) is 0 Å². The zero-order valence-corrected chi connectivity index (χ0v) is 9.07. The third-order valence-corrected chi connectivity index (χ3v) is 1.55. The van der Waals surface area contributed by atoms with E-state index in [2.05, 4.69) is 17.1 Å². The molecule has 52 valence electrons. The number of aromatic nitrogens is 1. The normalized spacial score (nSPS) is 8.33. The Bertz CT molecular complexity index is 286. The molecule has 0 N–H and O–H groups in total. The summed E-state index contributed by atoms with van der Waals surface area (Å²) >= 11 is 0. The third-order valence-electron chi connectivity index (χ3n) is 1.55. The first-order valence-corrected chi connectivity index (χ1v) is 3.25. The van der Waals surface area contributed by atoms with Gasteiger partial charge in [0.25, 0.3) is 0 Å². The second kappa shape index (κ2) is 5.36. The monoisotopic (exact) mass is 163 g/mol. The summed E-state index contributed by atoms with van der Waals surface area (Å²) in [4.78, 5) is 4.01. The SMILES string of the molecule is [B-].[Na+].c1ccc2cnccc2c1. The molecule has 1 heterocycles. The zero-order chi connectivity index (χ0) is 6.81. The fourth-order valence-electron chi connectivity index (χ4n) is 1.03. The molecule has 3 heteroatoms. The van der Waals surface area contributed by atoms with Crippen molar-refractivity contribution in [3.63, 3.8) is 0 Å². The maximum atomic E-state index is 4.01. The molecule has 0 atom stereocenters. The minimum atomic E-state index is 0. The van der Waals surface area contributed by atoms with Crippen LogP contribution in [0.25, 0.3) is 10.8 Å². The fraction of sp³-hybridized carbons (Fsp3) is 0. The van der Waals surface area contributed by atoms with E-state index in [0.717, 1.165) is 0 Å². The van der Waals surface area contributed by atoms with Crippen molar-refractivity contribution in [3.8, 4) is 0 Å². The molecule has 1 aromatic carbocycles. The van der Waals surface area contributed by atoms with Gasteiger partial charge < -0.3 is 8.41 Å². The van der Waals surface area contributed by atoms with Gasteiger partial charge in [-0.2, -0.15) is 0 Å². The summed E-state index contributed by atoms with van der Waals surface area (Å²) in [7, 11) is 0. The molecule has 0 spiro atoms. The van der Waals surface area contributed by atoms with Crippen LogP contribution in [0.1, 0.15) is 0 Å². The summed E-state index contributed by atoms with van der Waals surface area (Å²) in [5.74, 6) is 0. The summed E-state index contributed by atoms with van der Waals surface area (Å²) in [6.07, 6.45) is 3.68. The average molecular weight is 163 g/mol. The molecule has 0 fully saturated rings. The van der Waals surface area contributed by atoms with E-state index in [9.17, 15) is 0 Å². The quantitative estimate of drug-likeness (QED) is 0.447. The molecule has 1 aromatic heterocycles. The van der Waals surface area contributed by atoms with Crippen LogP contribution in [-0.4, -0.2) is 13.4 Å². The Balaban J connectivity index is 0.000000605. The second-order valence-corrected chi connectivity index (χ2v) is 2.22. The number of nitrogens with zero attached hydrogens (tertiary/aromatic N) is 1. The number of fused-ring (bicyclic) bond motifs is 1. The van der Waals surface area contributed by atoms with Crippen molar-refractivity contribution in [2.45, 2.75) is 0 Å². The van der Waals surface area contributed by atoms with E-state index in [1.54, 1.807) is 0 Å². The molecule has 0 unspecified atom stereocenters. The maximum Gasteiger partial charge on any atom is 1.00 e. The first kappa shape index (κ1) is 11.7. The van der Waals surface area contributed by atoms with Crippen LogP contribution in [0.2, 0.25) is 0 Å². The van der Waals surface area contributed by atoms with Gasteiger partial charge in [0.05, 0.1) is 0 Å². The van der Waals surface area contributed by atoms with Crippen molar-refractivity contribution >= 4 is 19.2 Å². The van der Waals surface area contributed by atoms with Crippen LogP contribution in [0, 0.1) is 0 Å². The molecule has 2 rings (SSSR count). The molecule has 0 saturated heterocycles. The Labute approximate surface area is 96.1 Å². The van der Waals surface area contributed by atoms with Crippen molar-refractivity contribution in [3.05, 3.63) is 42.7 Å². The van der Waals surface area contributed by atoms with Crippen LogP contribution in [0.4, 0.5) is 0 Å². The van der Waals surface area contributed by atoms with Crippen molar-refractivity contribution in [1.82, 2.24) is 4.98 Å². The maximum absolute atomic E-state index is 4.01. The standard InChI is InChI=1S/C9H7N.B.Na/c1-2-4-9-7-10-6-5-8(9)3-1;;/h1-7H;;/q;-1;+1. The minimum Gasteiger partial charge on any atom is -1.00 e. The average Bonchev–Trinajstić information content (AvgIpc) is 2.05. The third kappa shape index (κ3) is 2.34. The van der Waals surface area contributed by atoms with E-state index >= 15 is 0 Å². The van der Waals surface area contributed by atoms with Crippen molar-refractivity contribution in [1.29, 1.82) is 0 Å². The van der Waals surface area contributed by atoms with Gasteiger partial charge in [-0.25, -0.2) is 0 Å². The van der Waals surface area contributed by atoms with Gasteiger partial charge in [0, 0.05) is 12.4 Å². The number of pyridine rings is 1. The molecule has 0 aliphatic heterocycles. The topological polar surface area (TPSA) is 12.9 Å². The first-order valence-electron chi connectivity index (χ1n) is 3.25. The molecule has 0 aliphatic rings. The molecule has 1 nitrogen and oxygen atoms in total. The summed E-state index contributed by atoms with van der Waals surface area (Å²) in [5.41, 5.74) is 0. The molecule has 2 aromatic rings. The largest absolute Gasteiger partial charge is 1.00 e. The van der Waals surface area contributed by atoms with E-state index < -0.39 is 0 Å². The smallest absolute Gasteiger partial charge is 1.00 e. The van der Waals surface area contributed by atoms with E-state index in [4.69, 9.17) is 0 Å². The predicted molar refractivity (Wildman–Crippen MR) is 47.5 cm³/mol. The van der Waals surface area contributed by atoms with Gasteiger partial charge in [0.1, 0.15) is 0 Å². The number of rotatable bonds is 0. The molecular formula is C9H7BNNa. The molecular weight excluding hydrogens is 156 g/mol. The second-order valence-electron chi connectivity index (χ2n) is 2.22. The molecule has 0 amide bonds. The van der Waals surface area contributed by atoms with Gasteiger partial charge in [-0.15, -0.1) is 0 Å². The van der Waals surface area contributed by atoms with Gasteiger partial charge in [0.15, 0.2) is 0 Å². The molecule has 12 heavy (non-hydrogen) atoms. The van der Waals surface area contributed by atoms with Gasteiger partial charge >= 0.3 is 29.6 Å². The van der Waals surface area contributed by atoms with Crippen LogP contribution in [0.5, 0.6) is 0 Å². The summed E-state index contributed by atoms with van der Waals surface area (Å²) < 4.78 is 0. The van der Waals surface area contributed by atoms with Gasteiger partial charge in [-0.05, 0) is 16.8 Å². The summed E-state index contributed by atoms with van der Waals surface area (Å²) in [6.45, 7) is 0.